The van der Waals surface area contributed by atoms with Gasteiger partial charge in [-0.15, -0.1) is 0 Å². The average molecular weight is 249 g/mol. The molecule has 0 amide bonds. The summed E-state index contributed by atoms with van der Waals surface area (Å²) < 4.78 is 5.78. The van der Waals surface area contributed by atoms with Crippen LogP contribution in [0.4, 0.5) is 0 Å². The van der Waals surface area contributed by atoms with E-state index < -0.39 is 0 Å². The highest BCUT2D eigenvalue weighted by atomic mass is 16.5. The smallest absolute Gasteiger partial charge is 0.122 e. The van der Waals surface area contributed by atoms with Crippen LogP contribution in [0.15, 0.2) is 18.2 Å². The second-order valence-corrected chi connectivity index (χ2v) is 5.34. The van der Waals surface area contributed by atoms with Gasteiger partial charge >= 0.3 is 0 Å². The Morgan fingerprint density at radius 2 is 1.83 bits per heavy atom. The Kier molecular flexibility index (Phi) is 5.21. The molecule has 0 fully saturated rings. The normalized spacial score (nSPS) is 11.9. The second-order valence-electron chi connectivity index (χ2n) is 5.34. The van der Waals surface area contributed by atoms with Crippen molar-refractivity contribution in [2.24, 2.45) is 5.73 Å². The molecule has 0 radical (unpaired) electrons. The minimum absolute atomic E-state index is 0.112. The van der Waals surface area contributed by atoms with E-state index in [1.807, 2.05) is 0 Å². The third-order valence-corrected chi connectivity index (χ3v) is 3.89. The number of ether oxygens (including phenoxy) is 1. The minimum atomic E-state index is 0.112. The lowest BCUT2D eigenvalue weighted by Gasteiger charge is -2.31. The molecule has 0 aliphatic heterocycles. The van der Waals surface area contributed by atoms with E-state index in [-0.39, 0.29) is 11.5 Å². The van der Waals surface area contributed by atoms with Crippen molar-refractivity contribution < 1.29 is 4.74 Å². The van der Waals surface area contributed by atoms with E-state index in [1.165, 1.54) is 11.1 Å². The zero-order valence-electron chi connectivity index (χ0n) is 12.4. The fourth-order valence-corrected chi connectivity index (χ4v) is 2.43. The summed E-state index contributed by atoms with van der Waals surface area (Å²) in [6, 6.07) is 6.49. The maximum atomic E-state index is 6.00. The number of benzene rings is 1. The predicted molar refractivity (Wildman–Crippen MR) is 78.3 cm³/mol. The van der Waals surface area contributed by atoms with E-state index in [4.69, 9.17) is 10.5 Å². The SMILES string of the molecule is CCC(CC)(CN)c1ccc(OC(C)C)c(C)c1. The van der Waals surface area contributed by atoms with Crippen LogP contribution in [0.3, 0.4) is 0 Å². The Bertz CT molecular complexity index is 372. The number of hydrogen-bond donors (Lipinski definition) is 1. The first-order chi connectivity index (χ1) is 8.49. The van der Waals surface area contributed by atoms with Crippen molar-refractivity contribution in [2.45, 2.75) is 59.0 Å². The van der Waals surface area contributed by atoms with Gasteiger partial charge < -0.3 is 10.5 Å². The van der Waals surface area contributed by atoms with Crippen LogP contribution in [0.25, 0.3) is 0 Å². The van der Waals surface area contributed by atoms with Crippen molar-refractivity contribution in [2.75, 3.05) is 6.54 Å². The first-order valence-corrected chi connectivity index (χ1v) is 6.97. The van der Waals surface area contributed by atoms with E-state index in [0.29, 0.717) is 6.54 Å². The van der Waals surface area contributed by atoms with Crippen LogP contribution in [0.2, 0.25) is 0 Å². The molecule has 1 rings (SSSR count). The third kappa shape index (κ3) is 3.05. The van der Waals surface area contributed by atoms with Gasteiger partial charge in [0.05, 0.1) is 6.10 Å². The number of nitrogens with two attached hydrogens (primary N) is 1. The van der Waals surface area contributed by atoms with Gasteiger partial charge in [0.1, 0.15) is 5.75 Å². The number of aryl methyl sites for hydroxylation is 1. The molecule has 102 valence electrons. The topological polar surface area (TPSA) is 35.2 Å². The van der Waals surface area contributed by atoms with Gasteiger partial charge in [0.2, 0.25) is 0 Å². The summed E-state index contributed by atoms with van der Waals surface area (Å²) in [5, 5.41) is 0. The van der Waals surface area contributed by atoms with Gasteiger partial charge in [0.15, 0.2) is 0 Å². The molecular formula is C16H27NO. The first-order valence-electron chi connectivity index (χ1n) is 6.97. The molecular weight excluding hydrogens is 222 g/mol. The van der Waals surface area contributed by atoms with Crippen LogP contribution >= 0.6 is 0 Å². The summed E-state index contributed by atoms with van der Waals surface area (Å²) in [6.07, 6.45) is 2.36. The molecule has 0 saturated heterocycles. The monoisotopic (exact) mass is 249 g/mol. The molecule has 1 aromatic carbocycles. The molecule has 0 unspecified atom stereocenters. The summed E-state index contributed by atoms with van der Waals surface area (Å²) in [6.45, 7) is 11.3. The highest BCUT2D eigenvalue weighted by molar-refractivity contribution is 5.39. The molecule has 0 aliphatic carbocycles. The van der Waals surface area contributed by atoms with E-state index in [2.05, 4.69) is 52.8 Å². The van der Waals surface area contributed by atoms with Crippen LogP contribution in [0, 0.1) is 6.92 Å². The Morgan fingerprint density at radius 3 is 2.22 bits per heavy atom. The summed E-state index contributed by atoms with van der Waals surface area (Å²) in [5.41, 5.74) is 8.64. The van der Waals surface area contributed by atoms with Crippen molar-refractivity contribution in [3.05, 3.63) is 29.3 Å². The van der Waals surface area contributed by atoms with Gasteiger partial charge in [-0.2, -0.15) is 0 Å². The Labute approximate surface area is 112 Å². The van der Waals surface area contributed by atoms with Crippen molar-refractivity contribution in [1.82, 2.24) is 0 Å². The van der Waals surface area contributed by atoms with Crippen LogP contribution in [0.5, 0.6) is 5.75 Å². The summed E-state index contributed by atoms with van der Waals surface area (Å²) in [7, 11) is 0. The Balaban J connectivity index is 3.09. The molecule has 2 nitrogen and oxygen atoms in total. The fraction of sp³-hybridized carbons (Fsp3) is 0.625. The lowest BCUT2D eigenvalue weighted by atomic mass is 9.75. The van der Waals surface area contributed by atoms with Gasteiger partial charge in [-0.3, -0.25) is 0 Å². The summed E-state index contributed by atoms with van der Waals surface area (Å²) in [5.74, 6) is 0.979. The molecule has 0 spiro atoms. The average Bonchev–Trinajstić information content (AvgIpc) is 2.35. The molecule has 0 heterocycles. The lowest BCUT2D eigenvalue weighted by molar-refractivity contribution is 0.240. The van der Waals surface area contributed by atoms with Crippen molar-refractivity contribution >= 4 is 0 Å². The highest BCUT2D eigenvalue weighted by Gasteiger charge is 2.27. The Hall–Kier alpha value is -1.02. The van der Waals surface area contributed by atoms with E-state index in [9.17, 15) is 0 Å². The third-order valence-electron chi connectivity index (χ3n) is 3.89. The minimum Gasteiger partial charge on any atom is -0.491 e. The number of hydrogen-bond acceptors (Lipinski definition) is 2. The van der Waals surface area contributed by atoms with Crippen LogP contribution < -0.4 is 10.5 Å². The molecule has 0 saturated carbocycles. The van der Waals surface area contributed by atoms with Gasteiger partial charge in [0.25, 0.3) is 0 Å². The van der Waals surface area contributed by atoms with Crippen LogP contribution in [-0.4, -0.2) is 12.6 Å². The van der Waals surface area contributed by atoms with Crippen molar-refractivity contribution in [3.63, 3.8) is 0 Å². The molecule has 18 heavy (non-hydrogen) atoms. The first kappa shape index (κ1) is 15.0. The standard InChI is InChI=1S/C16H27NO/c1-6-16(7-2,11-17)14-8-9-15(13(5)10-14)18-12(3)4/h8-10,12H,6-7,11,17H2,1-5H3. The summed E-state index contributed by atoms with van der Waals surface area (Å²) in [4.78, 5) is 0. The molecule has 0 aromatic heterocycles. The lowest BCUT2D eigenvalue weighted by Crippen LogP contribution is -2.33. The fourth-order valence-electron chi connectivity index (χ4n) is 2.43. The van der Waals surface area contributed by atoms with Crippen molar-refractivity contribution in [3.8, 4) is 5.75 Å². The maximum Gasteiger partial charge on any atom is 0.122 e. The quantitative estimate of drug-likeness (QED) is 0.832. The van der Waals surface area contributed by atoms with Crippen LogP contribution in [-0.2, 0) is 5.41 Å². The molecule has 0 aliphatic rings. The van der Waals surface area contributed by atoms with E-state index >= 15 is 0 Å². The molecule has 0 bridgehead atoms. The van der Waals surface area contributed by atoms with Gasteiger partial charge in [-0.25, -0.2) is 0 Å². The predicted octanol–water partition coefficient (Wildman–Crippen LogP) is 3.80. The highest BCUT2D eigenvalue weighted by Crippen LogP contribution is 2.33. The van der Waals surface area contributed by atoms with Crippen LogP contribution in [0.1, 0.15) is 51.7 Å². The Morgan fingerprint density at radius 1 is 1.22 bits per heavy atom. The van der Waals surface area contributed by atoms with Gasteiger partial charge in [-0.05, 0) is 50.8 Å². The number of rotatable bonds is 6. The zero-order valence-corrected chi connectivity index (χ0v) is 12.4. The zero-order chi connectivity index (χ0) is 13.8. The summed E-state index contributed by atoms with van der Waals surface area (Å²) >= 11 is 0. The van der Waals surface area contributed by atoms with Gasteiger partial charge in [-0.1, -0.05) is 26.0 Å². The molecule has 2 N–H and O–H groups in total. The van der Waals surface area contributed by atoms with E-state index in [0.717, 1.165) is 18.6 Å². The molecule has 0 atom stereocenters. The molecule has 1 aromatic rings. The van der Waals surface area contributed by atoms with Crippen molar-refractivity contribution in [1.29, 1.82) is 0 Å². The maximum absolute atomic E-state index is 6.00. The second kappa shape index (κ2) is 6.24. The van der Waals surface area contributed by atoms with Gasteiger partial charge in [0, 0.05) is 12.0 Å². The molecule has 2 heteroatoms. The van der Waals surface area contributed by atoms with E-state index in [1.54, 1.807) is 0 Å². The largest absolute Gasteiger partial charge is 0.491 e.